The zero-order valence-corrected chi connectivity index (χ0v) is 12.8. The van der Waals surface area contributed by atoms with Crippen LogP contribution in [-0.4, -0.2) is 20.7 Å². The van der Waals surface area contributed by atoms with E-state index >= 15 is 0 Å². The van der Waals surface area contributed by atoms with Crippen molar-refractivity contribution in [1.82, 2.24) is 20.1 Å². The first-order chi connectivity index (χ1) is 11.3. The number of fused-ring (bicyclic) bond motifs is 1. The Balaban J connectivity index is 1.89. The first-order valence-corrected chi connectivity index (χ1v) is 7.39. The van der Waals surface area contributed by atoms with Crippen molar-refractivity contribution in [3.63, 3.8) is 0 Å². The van der Waals surface area contributed by atoms with E-state index in [1.165, 1.54) is 13.1 Å². The normalized spacial score (nSPS) is 17.4. The molecule has 24 heavy (non-hydrogen) atoms. The minimum Gasteiger partial charge on any atom is -0.345 e. The molecule has 0 aliphatic heterocycles. The molecule has 0 bridgehead atoms. The summed E-state index contributed by atoms with van der Waals surface area (Å²) in [7, 11) is 1.33. The number of aryl methyl sites for hydroxylation is 2. The maximum absolute atomic E-state index is 13.0. The van der Waals surface area contributed by atoms with E-state index in [0.29, 0.717) is 18.5 Å². The highest BCUT2D eigenvalue weighted by Gasteiger charge is 2.39. The average molecular weight is 340 g/mol. The number of carbonyl (C=O) groups excluding carboxylic acids is 1. The van der Waals surface area contributed by atoms with Gasteiger partial charge in [0.05, 0.1) is 11.6 Å². The van der Waals surface area contributed by atoms with Gasteiger partial charge in [-0.1, -0.05) is 0 Å². The number of nitrogens with one attached hydrogen (secondary N) is 2. The molecule has 2 aromatic heterocycles. The number of aromatic nitrogens is 3. The summed E-state index contributed by atoms with van der Waals surface area (Å²) in [5.41, 5.74) is -0.526. The molecule has 3 rings (SSSR count). The van der Waals surface area contributed by atoms with Crippen molar-refractivity contribution in [2.45, 2.75) is 31.5 Å². The lowest BCUT2D eigenvalue weighted by atomic mass is 9.91. The van der Waals surface area contributed by atoms with Crippen molar-refractivity contribution in [3.8, 4) is 0 Å². The smallest absolute Gasteiger partial charge is 0.345 e. The molecule has 0 aromatic carbocycles. The number of H-pyrrole nitrogens is 1. The Kier molecular flexibility index (Phi) is 3.94. The Morgan fingerprint density at radius 1 is 1.42 bits per heavy atom. The summed E-state index contributed by atoms with van der Waals surface area (Å²) in [6.45, 7) is 0. The first kappa shape index (κ1) is 16.3. The van der Waals surface area contributed by atoms with Crippen molar-refractivity contribution in [2.75, 3.05) is 0 Å². The van der Waals surface area contributed by atoms with Crippen LogP contribution in [0.15, 0.2) is 23.1 Å². The number of rotatable bonds is 2. The zero-order valence-electron chi connectivity index (χ0n) is 12.8. The Morgan fingerprint density at radius 3 is 2.88 bits per heavy atom. The van der Waals surface area contributed by atoms with Crippen LogP contribution in [0.4, 0.5) is 13.2 Å². The Bertz CT molecular complexity index is 838. The number of hydrogen-bond acceptors (Lipinski definition) is 3. The number of amides is 1. The molecular weight excluding hydrogens is 325 g/mol. The molecular formula is C15H15F3N4O2. The van der Waals surface area contributed by atoms with E-state index in [0.717, 1.165) is 22.9 Å². The summed E-state index contributed by atoms with van der Waals surface area (Å²) in [4.78, 5) is 26.4. The van der Waals surface area contributed by atoms with E-state index in [2.05, 4.69) is 15.4 Å². The molecule has 2 aromatic rings. The first-order valence-electron chi connectivity index (χ1n) is 7.39. The van der Waals surface area contributed by atoms with Crippen molar-refractivity contribution in [2.24, 2.45) is 7.05 Å². The Morgan fingerprint density at radius 2 is 2.17 bits per heavy atom. The molecule has 128 valence electrons. The second-order valence-electron chi connectivity index (χ2n) is 5.74. The minimum absolute atomic E-state index is 0.243. The van der Waals surface area contributed by atoms with Crippen LogP contribution < -0.4 is 10.9 Å². The number of pyridine rings is 1. The molecule has 9 heteroatoms. The van der Waals surface area contributed by atoms with E-state index in [1.54, 1.807) is 6.07 Å². The largest absolute Gasteiger partial charge is 0.435 e. The molecule has 6 nitrogen and oxygen atoms in total. The fraction of sp³-hybridized carbons (Fsp3) is 0.400. The highest BCUT2D eigenvalue weighted by molar-refractivity contribution is 5.95. The Hall–Kier alpha value is -2.58. The maximum Gasteiger partial charge on any atom is 0.435 e. The number of alkyl halides is 3. The van der Waals surface area contributed by atoms with E-state index in [1.807, 2.05) is 0 Å². The van der Waals surface area contributed by atoms with Crippen molar-refractivity contribution in [1.29, 1.82) is 0 Å². The van der Waals surface area contributed by atoms with Crippen LogP contribution in [0.5, 0.6) is 0 Å². The van der Waals surface area contributed by atoms with Gasteiger partial charge < -0.3 is 10.3 Å². The standard InChI is InChI=1S/C15H15F3N4O2/c1-22-7-9(13(21-22)15(16,17)18)14(24)20-11-4-2-3-10-8(11)5-6-12(23)19-10/h5-7,11H,2-4H2,1H3,(H,19,23)(H,20,24)/t11-/m1/s1. The fourth-order valence-corrected chi connectivity index (χ4v) is 2.95. The molecule has 0 fully saturated rings. The van der Waals surface area contributed by atoms with E-state index < -0.39 is 29.4 Å². The summed E-state index contributed by atoms with van der Waals surface area (Å²) in [6.07, 6.45) is -1.68. The lowest BCUT2D eigenvalue weighted by Crippen LogP contribution is -2.33. The molecule has 2 N–H and O–H groups in total. The highest BCUT2D eigenvalue weighted by Crippen LogP contribution is 2.32. The van der Waals surface area contributed by atoms with Gasteiger partial charge in [-0.3, -0.25) is 14.3 Å². The fourth-order valence-electron chi connectivity index (χ4n) is 2.95. The molecule has 1 atom stereocenters. The van der Waals surface area contributed by atoms with Crippen LogP contribution in [-0.2, 0) is 19.6 Å². The van der Waals surface area contributed by atoms with Crippen molar-refractivity contribution >= 4 is 5.91 Å². The van der Waals surface area contributed by atoms with E-state index in [9.17, 15) is 22.8 Å². The van der Waals surface area contributed by atoms with Gasteiger partial charge in [-0.05, 0) is 30.9 Å². The van der Waals surface area contributed by atoms with Gasteiger partial charge in [-0.15, -0.1) is 0 Å². The van der Waals surface area contributed by atoms with Crippen LogP contribution in [0.3, 0.4) is 0 Å². The van der Waals surface area contributed by atoms with Gasteiger partial charge in [-0.25, -0.2) is 0 Å². The minimum atomic E-state index is -4.70. The zero-order chi connectivity index (χ0) is 17.5. The monoisotopic (exact) mass is 340 g/mol. The topological polar surface area (TPSA) is 79.8 Å². The van der Waals surface area contributed by atoms with Crippen LogP contribution in [0.25, 0.3) is 0 Å². The number of hydrogen-bond donors (Lipinski definition) is 2. The maximum atomic E-state index is 13.0. The van der Waals surface area contributed by atoms with Gasteiger partial charge in [0.15, 0.2) is 5.69 Å². The third kappa shape index (κ3) is 3.06. The average Bonchev–Trinajstić information content (AvgIpc) is 2.89. The van der Waals surface area contributed by atoms with Crippen LogP contribution in [0, 0.1) is 0 Å². The van der Waals surface area contributed by atoms with Gasteiger partial charge in [-0.2, -0.15) is 18.3 Å². The lowest BCUT2D eigenvalue weighted by Gasteiger charge is -2.25. The summed E-state index contributed by atoms with van der Waals surface area (Å²) < 4.78 is 39.9. The van der Waals surface area contributed by atoms with Gasteiger partial charge in [0.1, 0.15) is 0 Å². The van der Waals surface area contributed by atoms with Gasteiger partial charge >= 0.3 is 6.18 Å². The van der Waals surface area contributed by atoms with Crippen LogP contribution in [0.1, 0.15) is 46.2 Å². The van der Waals surface area contributed by atoms with E-state index in [4.69, 9.17) is 0 Å². The van der Waals surface area contributed by atoms with Crippen molar-refractivity contribution in [3.05, 3.63) is 51.2 Å². The molecule has 0 saturated carbocycles. The van der Waals surface area contributed by atoms with Crippen LogP contribution >= 0.6 is 0 Å². The number of nitrogens with zero attached hydrogens (tertiary/aromatic N) is 2. The second kappa shape index (κ2) is 5.81. The van der Waals surface area contributed by atoms with Gasteiger partial charge in [0.2, 0.25) is 5.56 Å². The summed E-state index contributed by atoms with van der Waals surface area (Å²) in [6, 6.07) is 2.50. The van der Waals surface area contributed by atoms with Gasteiger partial charge in [0, 0.05) is 25.0 Å². The second-order valence-corrected chi connectivity index (χ2v) is 5.74. The Labute approximate surface area is 134 Å². The third-order valence-corrected chi connectivity index (χ3v) is 3.98. The predicted molar refractivity (Wildman–Crippen MR) is 78.4 cm³/mol. The van der Waals surface area contributed by atoms with Crippen molar-refractivity contribution < 1.29 is 18.0 Å². The molecule has 0 saturated heterocycles. The molecule has 1 amide bonds. The van der Waals surface area contributed by atoms with Gasteiger partial charge in [0.25, 0.3) is 5.91 Å². The highest BCUT2D eigenvalue weighted by atomic mass is 19.4. The number of carbonyl (C=O) groups is 1. The molecule has 2 heterocycles. The molecule has 0 radical (unpaired) electrons. The molecule has 1 aliphatic rings. The summed E-state index contributed by atoms with van der Waals surface area (Å²) in [5.74, 6) is -0.834. The van der Waals surface area contributed by atoms with Crippen LogP contribution in [0.2, 0.25) is 0 Å². The number of aromatic amines is 1. The number of halogens is 3. The molecule has 0 spiro atoms. The summed E-state index contributed by atoms with van der Waals surface area (Å²) in [5, 5.41) is 5.96. The lowest BCUT2D eigenvalue weighted by molar-refractivity contribution is -0.141. The predicted octanol–water partition coefficient (Wildman–Crippen LogP) is 1.93. The quantitative estimate of drug-likeness (QED) is 0.877. The SMILES string of the molecule is Cn1cc(C(=O)N[C@@H]2CCCc3[nH]c(=O)ccc32)c(C(F)(F)F)n1. The summed E-state index contributed by atoms with van der Waals surface area (Å²) >= 11 is 0. The third-order valence-electron chi connectivity index (χ3n) is 3.98. The van der Waals surface area contributed by atoms with E-state index in [-0.39, 0.29) is 5.56 Å². The molecule has 1 aliphatic carbocycles. The molecule has 0 unspecified atom stereocenters.